The van der Waals surface area contributed by atoms with Gasteiger partial charge in [0, 0.05) is 6.20 Å². The number of benzene rings is 1. The smallest absolute Gasteiger partial charge is 0.171 e. The molecule has 0 saturated heterocycles. The van der Waals surface area contributed by atoms with E-state index in [1.165, 1.54) is 0 Å². The van der Waals surface area contributed by atoms with Crippen LogP contribution in [0.5, 0.6) is 0 Å². The normalized spacial score (nSPS) is 10.2. The van der Waals surface area contributed by atoms with E-state index < -0.39 is 0 Å². The Balaban J connectivity index is 2.21. The third-order valence-electron chi connectivity index (χ3n) is 2.04. The number of rotatable bonds is 3. The molecule has 0 spiro atoms. The second kappa shape index (κ2) is 4.40. The van der Waals surface area contributed by atoms with Gasteiger partial charge in [0.2, 0.25) is 0 Å². The van der Waals surface area contributed by atoms with Crippen molar-refractivity contribution < 1.29 is 4.79 Å². The van der Waals surface area contributed by atoms with E-state index in [9.17, 15) is 4.79 Å². The summed E-state index contributed by atoms with van der Waals surface area (Å²) >= 11 is 3.28. The molecule has 1 aromatic carbocycles. The van der Waals surface area contributed by atoms with Crippen molar-refractivity contribution in [1.82, 2.24) is 9.78 Å². The maximum Gasteiger partial charge on any atom is 0.171 e. The van der Waals surface area contributed by atoms with Gasteiger partial charge in [0.25, 0.3) is 0 Å². The molecule has 0 aliphatic rings. The summed E-state index contributed by atoms with van der Waals surface area (Å²) in [7, 11) is 0. The molecule has 1 heterocycles. The molecule has 0 bridgehead atoms. The van der Waals surface area contributed by atoms with Gasteiger partial charge in [-0.05, 0) is 21.5 Å². The van der Waals surface area contributed by atoms with Gasteiger partial charge in [-0.15, -0.1) is 0 Å². The van der Waals surface area contributed by atoms with Gasteiger partial charge in [0.1, 0.15) is 5.69 Å². The second-order valence-electron chi connectivity index (χ2n) is 3.16. The summed E-state index contributed by atoms with van der Waals surface area (Å²) in [6.45, 7) is 0.674. The van der Waals surface area contributed by atoms with Gasteiger partial charge in [-0.25, -0.2) is 0 Å². The van der Waals surface area contributed by atoms with E-state index in [1.54, 1.807) is 10.9 Å². The number of halogens is 1. The molecule has 4 heteroatoms. The molecule has 0 atom stereocenters. The fourth-order valence-electron chi connectivity index (χ4n) is 1.34. The molecular formula is C11H9BrN2O. The van der Waals surface area contributed by atoms with Crippen LogP contribution >= 0.6 is 15.9 Å². The Bertz CT molecular complexity index is 465. The first kappa shape index (κ1) is 10.1. The lowest BCUT2D eigenvalue weighted by molar-refractivity contribution is 0.111. The number of aromatic nitrogens is 2. The highest BCUT2D eigenvalue weighted by Gasteiger charge is 2.04. The van der Waals surface area contributed by atoms with Crippen LogP contribution in [-0.4, -0.2) is 16.1 Å². The summed E-state index contributed by atoms with van der Waals surface area (Å²) in [4.78, 5) is 10.6. The minimum absolute atomic E-state index is 0.436. The lowest BCUT2D eigenvalue weighted by atomic mass is 10.2. The zero-order valence-electron chi connectivity index (χ0n) is 7.93. The first-order valence-corrected chi connectivity index (χ1v) is 5.31. The maximum absolute atomic E-state index is 10.6. The van der Waals surface area contributed by atoms with Crippen LogP contribution in [-0.2, 0) is 6.54 Å². The number of carbonyl (C=O) groups excluding carboxylic acids is 1. The zero-order chi connectivity index (χ0) is 10.7. The molecule has 0 aliphatic carbocycles. The van der Waals surface area contributed by atoms with Gasteiger partial charge < -0.3 is 0 Å². The first-order chi connectivity index (χ1) is 7.29. The zero-order valence-corrected chi connectivity index (χ0v) is 9.52. The third kappa shape index (κ3) is 2.33. The summed E-state index contributed by atoms with van der Waals surface area (Å²) in [6.07, 6.45) is 2.54. The Labute approximate surface area is 95.9 Å². The Morgan fingerprint density at radius 1 is 1.33 bits per heavy atom. The van der Waals surface area contributed by atoms with E-state index in [0.717, 1.165) is 16.3 Å². The van der Waals surface area contributed by atoms with Crippen molar-refractivity contribution in [3.63, 3.8) is 0 Å². The van der Waals surface area contributed by atoms with Crippen molar-refractivity contribution in [2.24, 2.45) is 0 Å². The minimum atomic E-state index is 0.436. The quantitative estimate of drug-likeness (QED) is 0.799. The molecule has 2 rings (SSSR count). The highest BCUT2D eigenvalue weighted by Crippen LogP contribution is 2.13. The fraction of sp³-hybridized carbons (Fsp3) is 0.0909. The van der Waals surface area contributed by atoms with E-state index in [2.05, 4.69) is 21.0 Å². The highest BCUT2D eigenvalue weighted by atomic mass is 79.9. The third-order valence-corrected chi connectivity index (χ3v) is 2.65. The number of hydrogen-bond donors (Lipinski definition) is 0. The molecule has 0 fully saturated rings. The molecule has 0 radical (unpaired) electrons. The Kier molecular flexibility index (Phi) is 2.97. The van der Waals surface area contributed by atoms with Crippen LogP contribution in [0.3, 0.4) is 0 Å². The minimum Gasteiger partial charge on any atom is -0.296 e. The van der Waals surface area contributed by atoms with Crippen LogP contribution in [0, 0.1) is 0 Å². The van der Waals surface area contributed by atoms with Crippen molar-refractivity contribution in [3.05, 3.63) is 52.3 Å². The molecule has 15 heavy (non-hydrogen) atoms. The predicted octanol–water partition coefficient (Wildman–Crippen LogP) is 2.51. The van der Waals surface area contributed by atoms with Crippen LogP contribution in [0.4, 0.5) is 0 Å². The largest absolute Gasteiger partial charge is 0.296 e. The van der Waals surface area contributed by atoms with E-state index in [1.807, 2.05) is 30.3 Å². The average molecular weight is 265 g/mol. The second-order valence-corrected chi connectivity index (χ2v) is 4.02. The van der Waals surface area contributed by atoms with Crippen LogP contribution in [0.2, 0.25) is 0 Å². The lowest BCUT2D eigenvalue weighted by Crippen LogP contribution is -2.00. The molecule has 0 amide bonds. The topological polar surface area (TPSA) is 34.9 Å². The monoisotopic (exact) mass is 264 g/mol. The predicted molar refractivity (Wildman–Crippen MR) is 60.9 cm³/mol. The number of hydrogen-bond acceptors (Lipinski definition) is 2. The molecule has 76 valence electrons. The van der Waals surface area contributed by atoms with Gasteiger partial charge >= 0.3 is 0 Å². The van der Waals surface area contributed by atoms with Crippen molar-refractivity contribution >= 4 is 22.2 Å². The fourth-order valence-corrected chi connectivity index (χ4v) is 1.75. The molecule has 0 N–H and O–H groups in total. The van der Waals surface area contributed by atoms with Crippen LogP contribution in [0.1, 0.15) is 16.1 Å². The molecule has 0 unspecified atom stereocenters. The molecule has 3 nitrogen and oxygen atoms in total. The van der Waals surface area contributed by atoms with Gasteiger partial charge in [0.05, 0.1) is 11.0 Å². The van der Waals surface area contributed by atoms with Crippen molar-refractivity contribution in [1.29, 1.82) is 0 Å². The number of aldehydes is 1. The Morgan fingerprint density at radius 3 is 2.67 bits per heavy atom. The van der Waals surface area contributed by atoms with Gasteiger partial charge in [-0.1, -0.05) is 30.3 Å². The van der Waals surface area contributed by atoms with Crippen LogP contribution < -0.4 is 0 Å². The molecule has 0 aliphatic heterocycles. The number of carbonyl (C=O) groups is 1. The summed E-state index contributed by atoms with van der Waals surface area (Å²) in [6, 6.07) is 9.98. The SMILES string of the molecule is O=Cc1nn(Cc2ccccc2)cc1Br. The van der Waals surface area contributed by atoms with Gasteiger partial charge in [-0.3, -0.25) is 9.48 Å². The summed E-state index contributed by atoms with van der Waals surface area (Å²) < 4.78 is 2.47. The summed E-state index contributed by atoms with van der Waals surface area (Å²) in [5.74, 6) is 0. The number of nitrogens with zero attached hydrogens (tertiary/aromatic N) is 2. The highest BCUT2D eigenvalue weighted by molar-refractivity contribution is 9.10. The van der Waals surface area contributed by atoms with Crippen LogP contribution in [0.25, 0.3) is 0 Å². The van der Waals surface area contributed by atoms with Crippen molar-refractivity contribution in [3.8, 4) is 0 Å². The summed E-state index contributed by atoms with van der Waals surface area (Å²) in [5.41, 5.74) is 1.59. The lowest BCUT2D eigenvalue weighted by Gasteiger charge is -2.00. The van der Waals surface area contributed by atoms with Gasteiger partial charge in [-0.2, -0.15) is 5.10 Å². The molecule has 1 aromatic heterocycles. The van der Waals surface area contributed by atoms with E-state index in [4.69, 9.17) is 0 Å². The van der Waals surface area contributed by atoms with Crippen molar-refractivity contribution in [2.75, 3.05) is 0 Å². The maximum atomic E-state index is 10.6. The van der Waals surface area contributed by atoms with Crippen LogP contribution in [0.15, 0.2) is 41.0 Å². The average Bonchev–Trinajstić information content (AvgIpc) is 2.60. The first-order valence-electron chi connectivity index (χ1n) is 4.51. The van der Waals surface area contributed by atoms with Crippen molar-refractivity contribution in [2.45, 2.75) is 6.54 Å². The molecule has 0 saturated carbocycles. The summed E-state index contributed by atoms with van der Waals surface area (Å²) in [5, 5.41) is 4.13. The Morgan fingerprint density at radius 2 is 2.07 bits per heavy atom. The van der Waals surface area contributed by atoms with E-state index >= 15 is 0 Å². The molecule has 2 aromatic rings. The van der Waals surface area contributed by atoms with E-state index in [-0.39, 0.29) is 0 Å². The van der Waals surface area contributed by atoms with E-state index in [0.29, 0.717) is 12.2 Å². The Hall–Kier alpha value is -1.42. The molecular weight excluding hydrogens is 256 g/mol. The van der Waals surface area contributed by atoms with Gasteiger partial charge in [0.15, 0.2) is 6.29 Å². The standard InChI is InChI=1S/C11H9BrN2O/c12-10-7-14(13-11(10)8-15)6-9-4-2-1-3-5-9/h1-5,7-8H,6H2.